The Morgan fingerprint density at radius 1 is 0.766 bits per heavy atom. The molecule has 11 heteroatoms. The molecule has 11 nitrogen and oxygen atoms in total. The molecule has 0 radical (unpaired) electrons. The van der Waals surface area contributed by atoms with Crippen LogP contribution in [0.5, 0.6) is 23.0 Å². The molecule has 0 unspecified atom stereocenters. The number of non-ortho nitro benzene ring substituents is 1. The Hall–Kier alpha value is -4.80. The second-order valence-electron chi connectivity index (χ2n) is 11.0. The summed E-state index contributed by atoms with van der Waals surface area (Å²) < 4.78 is 33.0. The van der Waals surface area contributed by atoms with Crippen molar-refractivity contribution in [3.05, 3.63) is 75.8 Å². The molecule has 0 amide bonds. The summed E-state index contributed by atoms with van der Waals surface area (Å²) in [6, 6.07) is 16.1. The third-order valence-corrected chi connectivity index (χ3v) is 7.62. The second kappa shape index (κ2) is 18.4. The van der Waals surface area contributed by atoms with Gasteiger partial charge in [-0.15, -0.1) is 0 Å². The molecule has 0 bridgehead atoms. The number of benzene rings is 3. The van der Waals surface area contributed by atoms with Crippen molar-refractivity contribution >= 4 is 17.6 Å². The van der Waals surface area contributed by atoms with E-state index in [4.69, 9.17) is 28.4 Å². The number of nitrogens with zero attached hydrogens (tertiary/aromatic N) is 1. The Bertz CT molecular complexity index is 1510. The van der Waals surface area contributed by atoms with E-state index in [-0.39, 0.29) is 37.3 Å². The summed E-state index contributed by atoms with van der Waals surface area (Å²) in [6.07, 6.45) is 6.03. The Morgan fingerprint density at radius 3 is 2.30 bits per heavy atom. The lowest BCUT2D eigenvalue weighted by Gasteiger charge is -2.16. The first kappa shape index (κ1) is 35.1. The van der Waals surface area contributed by atoms with Gasteiger partial charge in [0.05, 0.1) is 37.4 Å². The molecule has 47 heavy (non-hydrogen) atoms. The topological polar surface area (TPSA) is 133 Å². The van der Waals surface area contributed by atoms with Crippen LogP contribution in [0.15, 0.2) is 54.6 Å². The van der Waals surface area contributed by atoms with Gasteiger partial charge in [0.1, 0.15) is 11.5 Å². The lowest BCUT2D eigenvalue weighted by atomic mass is 9.96. The van der Waals surface area contributed by atoms with Gasteiger partial charge in [-0.1, -0.05) is 31.0 Å². The van der Waals surface area contributed by atoms with Crippen molar-refractivity contribution in [2.45, 2.75) is 71.6 Å². The standard InChI is InChI=1S/C36H43NO10/c1-3-42-35(38)14-10-20-45-32-13-9-12-26(31(32)16-18-36(39)43-4-2)11-7-5-6-8-19-44-30-22-28(21-29(24-30)37(40)41)27-15-17-33-34(23-27)47-25-46-33/h9,12-13,15,17,21-24H,3-8,10-11,14,16,18-20,25H2,1-2H3. The van der Waals surface area contributed by atoms with E-state index in [9.17, 15) is 19.7 Å². The van der Waals surface area contributed by atoms with Crippen molar-refractivity contribution < 1.29 is 42.9 Å². The van der Waals surface area contributed by atoms with Gasteiger partial charge >= 0.3 is 11.9 Å². The maximum absolute atomic E-state index is 12.1. The van der Waals surface area contributed by atoms with E-state index < -0.39 is 4.92 Å². The van der Waals surface area contributed by atoms with E-state index in [2.05, 4.69) is 6.07 Å². The first-order chi connectivity index (χ1) is 22.9. The van der Waals surface area contributed by atoms with Gasteiger partial charge < -0.3 is 28.4 Å². The van der Waals surface area contributed by atoms with Crippen LogP contribution in [0.25, 0.3) is 11.1 Å². The maximum atomic E-state index is 12.1. The lowest BCUT2D eigenvalue weighted by molar-refractivity contribution is -0.384. The summed E-state index contributed by atoms with van der Waals surface area (Å²) in [5.41, 5.74) is 3.51. The van der Waals surface area contributed by atoms with Gasteiger partial charge in [0.25, 0.3) is 5.69 Å². The third kappa shape index (κ3) is 10.9. The van der Waals surface area contributed by atoms with Crippen LogP contribution >= 0.6 is 0 Å². The van der Waals surface area contributed by atoms with Crippen molar-refractivity contribution in [1.82, 2.24) is 0 Å². The molecule has 0 atom stereocenters. The van der Waals surface area contributed by atoms with E-state index in [1.807, 2.05) is 24.3 Å². The molecule has 252 valence electrons. The summed E-state index contributed by atoms with van der Waals surface area (Å²) in [7, 11) is 0. The first-order valence-electron chi connectivity index (χ1n) is 16.2. The van der Waals surface area contributed by atoms with Gasteiger partial charge in [-0.25, -0.2) is 0 Å². The average Bonchev–Trinajstić information content (AvgIpc) is 3.54. The van der Waals surface area contributed by atoms with Crippen molar-refractivity contribution in [2.24, 2.45) is 0 Å². The average molecular weight is 650 g/mol. The number of nitro benzene ring substituents is 1. The highest BCUT2D eigenvalue weighted by Gasteiger charge is 2.17. The van der Waals surface area contributed by atoms with Gasteiger partial charge in [-0.3, -0.25) is 19.7 Å². The number of nitro groups is 1. The fourth-order valence-electron chi connectivity index (χ4n) is 5.33. The molecule has 0 saturated carbocycles. The summed E-state index contributed by atoms with van der Waals surface area (Å²) in [4.78, 5) is 35.0. The number of rotatable bonds is 20. The van der Waals surface area contributed by atoms with Crippen molar-refractivity contribution in [3.63, 3.8) is 0 Å². The minimum atomic E-state index is -0.423. The van der Waals surface area contributed by atoms with Crippen LogP contribution in [0.1, 0.15) is 69.9 Å². The predicted molar refractivity (Wildman–Crippen MR) is 175 cm³/mol. The molecule has 4 rings (SSSR count). The second-order valence-corrected chi connectivity index (χ2v) is 11.0. The molecule has 0 fully saturated rings. The SMILES string of the molecule is CCOC(=O)CCCOc1cccc(CCCCCCOc2cc(-c3ccc4c(c3)OCO4)cc([N+](=O)[O-])c2)c1CCC(=O)OCC. The fraction of sp³-hybridized carbons (Fsp3) is 0.444. The number of hydrogen-bond donors (Lipinski definition) is 0. The largest absolute Gasteiger partial charge is 0.493 e. The zero-order valence-electron chi connectivity index (χ0n) is 27.1. The zero-order valence-corrected chi connectivity index (χ0v) is 27.1. The molecule has 3 aromatic carbocycles. The molecule has 1 heterocycles. The highest BCUT2D eigenvalue weighted by molar-refractivity contribution is 5.72. The van der Waals surface area contributed by atoms with Crippen LogP contribution < -0.4 is 18.9 Å². The number of aryl methyl sites for hydroxylation is 1. The van der Waals surface area contributed by atoms with Crippen LogP contribution in [-0.4, -0.2) is 50.1 Å². The van der Waals surface area contributed by atoms with Gasteiger partial charge in [0, 0.05) is 18.9 Å². The highest BCUT2D eigenvalue weighted by atomic mass is 16.7. The van der Waals surface area contributed by atoms with Gasteiger partial charge in [0.15, 0.2) is 11.5 Å². The van der Waals surface area contributed by atoms with E-state index >= 15 is 0 Å². The minimum Gasteiger partial charge on any atom is -0.493 e. The molecule has 0 aliphatic carbocycles. The lowest BCUT2D eigenvalue weighted by Crippen LogP contribution is -2.10. The molecule has 0 spiro atoms. The number of carbonyl (C=O) groups is 2. The van der Waals surface area contributed by atoms with Crippen LogP contribution in [0.2, 0.25) is 0 Å². The summed E-state index contributed by atoms with van der Waals surface area (Å²) in [5, 5.41) is 11.6. The van der Waals surface area contributed by atoms with Crippen LogP contribution in [0.3, 0.4) is 0 Å². The first-order valence-corrected chi connectivity index (χ1v) is 16.2. The summed E-state index contributed by atoms with van der Waals surface area (Å²) in [6.45, 7) is 5.22. The quantitative estimate of drug-likeness (QED) is 0.0528. The number of esters is 2. The fourth-order valence-corrected chi connectivity index (χ4v) is 5.33. The normalized spacial score (nSPS) is 11.6. The Balaban J connectivity index is 1.28. The van der Waals surface area contributed by atoms with E-state index in [1.54, 1.807) is 26.0 Å². The Morgan fingerprint density at radius 2 is 1.51 bits per heavy atom. The van der Waals surface area contributed by atoms with Gasteiger partial charge in [-0.05, 0) is 92.5 Å². The minimum absolute atomic E-state index is 0.0425. The number of unbranched alkanes of at least 4 members (excludes halogenated alkanes) is 3. The van der Waals surface area contributed by atoms with Gasteiger partial charge in [0.2, 0.25) is 6.79 Å². The Kier molecular flexibility index (Phi) is 13.7. The predicted octanol–water partition coefficient (Wildman–Crippen LogP) is 7.39. The van der Waals surface area contributed by atoms with E-state index in [1.165, 1.54) is 12.1 Å². The number of ether oxygens (including phenoxy) is 6. The number of carbonyl (C=O) groups excluding carboxylic acids is 2. The van der Waals surface area contributed by atoms with Crippen LogP contribution in [0, 0.1) is 10.1 Å². The van der Waals surface area contributed by atoms with Crippen LogP contribution in [0.4, 0.5) is 5.69 Å². The van der Waals surface area contributed by atoms with Crippen molar-refractivity contribution in [3.8, 4) is 34.1 Å². The summed E-state index contributed by atoms with van der Waals surface area (Å²) in [5.74, 6) is 1.93. The molecule has 0 aromatic heterocycles. The monoisotopic (exact) mass is 649 g/mol. The van der Waals surface area contributed by atoms with Gasteiger partial charge in [-0.2, -0.15) is 0 Å². The highest BCUT2D eigenvalue weighted by Crippen LogP contribution is 2.38. The molecule has 0 N–H and O–H groups in total. The van der Waals surface area contributed by atoms with Crippen molar-refractivity contribution in [2.75, 3.05) is 33.2 Å². The third-order valence-electron chi connectivity index (χ3n) is 7.62. The number of hydrogen-bond acceptors (Lipinski definition) is 10. The van der Waals surface area contributed by atoms with E-state index in [0.717, 1.165) is 54.5 Å². The molecule has 1 aliphatic heterocycles. The zero-order chi connectivity index (χ0) is 33.4. The maximum Gasteiger partial charge on any atom is 0.306 e. The Labute approximate surface area is 275 Å². The number of fused-ring (bicyclic) bond motifs is 1. The van der Waals surface area contributed by atoms with Crippen molar-refractivity contribution in [1.29, 1.82) is 0 Å². The molecule has 1 aliphatic rings. The molecule has 3 aromatic rings. The smallest absolute Gasteiger partial charge is 0.306 e. The molecule has 0 saturated heterocycles. The molecular weight excluding hydrogens is 606 g/mol. The summed E-state index contributed by atoms with van der Waals surface area (Å²) >= 11 is 0. The molecular formula is C36H43NO10. The van der Waals surface area contributed by atoms with Crippen LogP contribution in [-0.2, 0) is 31.9 Å². The van der Waals surface area contributed by atoms with E-state index in [0.29, 0.717) is 62.1 Å².